The maximum atomic E-state index is 13.6. The standard InChI is InChI=1S/C18H14F3N3O2/c1-26-16-5-10(2-3-14(16)12-8-23-24-9-12)18(25)22-7-11-4-13(19)6-15(20)17(11)21/h2-6,8-9H,7H2,1H3,(H,22,25)(H,23,24). The van der Waals surface area contributed by atoms with Crippen molar-refractivity contribution in [1.29, 1.82) is 0 Å². The predicted octanol–water partition coefficient (Wildman–Crippen LogP) is 3.43. The molecule has 1 heterocycles. The number of nitrogens with one attached hydrogen (secondary N) is 2. The summed E-state index contributed by atoms with van der Waals surface area (Å²) < 4.78 is 45.3. The second kappa shape index (κ2) is 7.30. The van der Waals surface area contributed by atoms with Crippen molar-refractivity contribution in [3.63, 3.8) is 0 Å². The summed E-state index contributed by atoms with van der Waals surface area (Å²) in [5, 5.41) is 8.98. The summed E-state index contributed by atoms with van der Waals surface area (Å²) in [7, 11) is 1.46. The zero-order valence-electron chi connectivity index (χ0n) is 13.6. The summed E-state index contributed by atoms with van der Waals surface area (Å²) in [6.45, 7) is -0.356. The van der Waals surface area contributed by atoms with Crippen molar-refractivity contribution < 1.29 is 22.7 Å². The van der Waals surface area contributed by atoms with Gasteiger partial charge < -0.3 is 10.1 Å². The van der Waals surface area contributed by atoms with Gasteiger partial charge in [0.25, 0.3) is 5.91 Å². The van der Waals surface area contributed by atoms with Crippen molar-refractivity contribution in [2.45, 2.75) is 6.54 Å². The molecule has 0 aliphatic heterocycles. The van der Waals surface area contributed by atoms with E-state index in [0.717, 1.165) is 17.2 Å². The van der Waals surface area contributed by atoms with E-state index in [-0.39, 0.29) is 17.7 Å². The van der Waals surface area contributed by atoms with Crippen LogP contribution in [0.15, 0.2) is 42.7 Å². The highest BCUT2D eigenvalue weighted by molar-refractivity contribution is 5.95. The van der Waals surface area contributed by atoms with E-state index in [0.29, 0.717) is 11.8 Å². The second-order valence-corrected chi connectivity index (χ2v) is 5.45. The predicted molar refractivity (Wildman–Crippen MR) is 88.1 cm³/mol. The van der Waals surface area contributed by atoms with E-state index < -0.39 is 23.4 Å². The van der Waals surface area contributed by atoms with Crippen molar-refractivity contribution in [3.05, 3.63) is 71.3 Å². The number of halogens is 3. The molecule has 0 aliphatic rings. The fourth-order valence-corrected chi connectivity index (χ4v) is 2.48. The van der Waals surface area contributed by atoms with Gasteiger partial charge >= 0.3 is 0 Å². The molecule has 0 fully saturated rings. The lowest BCUT2D eigenvalue weighted by molar-refractivity contribution is 0.0950. The molecular weight excluding hydrogens is 347 g/mol. The molecule has 0 atom stereocenters. The molecule has 0 aliphatic carbocycles. The number of methoxy groups -OCH3 is 1. The van der Waals surface area contributed by atoms with Crippen LogP contribution in [0.5, 0.6) is 5.75 Å². The van der Waals surface area contributed by atoms with E-state index >= 15 is 0 Å². The summed E-state index contributed by atoms with van der Waals surface area (Å²) >= 11 is 0. The largest absolute Gasteiger partial charge is 0.496 e. The van der Waals surface area contributed by atoms with E-state index in [1.54, 1.807) is 24.5 Å². The third-order valence-corrected chi connectivity index (χ3v) is 3.78. The zero-order valence-corrected chi connectivity index (χ0v) is 13.6. The van der Waals surface area contributed by atoms with Crippen molar-refractivity contribution in [2.75, 3.05) is 7.11 Å². The van der Waals surface area contributed by atoms with Gasteiger partial charge in [0, 0.05) is 41.1 Å². The number of amides is 1. The smallest absolute Gasteiger partial charge is 0.251 e. The summed E-state index contributed by atoms with van der Waals surface area (Å²) in [5.74, 6) is -3.51. The SMILES string of the molecule is COc1cc(C(=O)NCc2cc(F)cc(F)c2F)ccc1-c1cn[nH]c1. The van der Waals surface area contributed by atoms with Gasteiger partial charge in [0.1, 0.15) is 11.6 Å². The van der Waals surface area contributed by atoms with Crippen LogP contribution in [0.1, 0.15) is 15.9 Å². The van der Waals surface area contributed by atoms with E-state index in [9.17, 15) is 18.0 Å². The normalized spacial score (nSPS) is 10.6. The van der Waals surface area contributed by atoms with E-state index in [1.165, 1.54) is 13.2 Å². The molecule has 0 saturated heterocycles. The lowest BCUT2D eigenvalue weighted by atomic mass is 10.0. The van der Waals surface area contributed by atoms with Crippen LogP contribution in [0.2, 0.25) is 0 Å². The number of carbonyl (C=O) groups excluding carboxylic acids is 1. The number of aromatic nitrogens is 2. The first kappa shape index (κ1) is 17.5. The molecule has 5 nitrogen and oxygen atoms in total. The first-order valence-electron chi connectivity index (χ1n) is 7.58. The van der Waals surface area contributed by atoms with E-state index in [2.05, 4.69) is 15.5 Å². The molecule has 3 aromatic rings. The van der Waals surface area contributed by atoms with Crippen LogP contribution >= 0.6 is 0 Å². The van der Waals surface area contributed by atoms with Gasteiger partial charge in [0.05, 0.1) is 13.3 Å². The van der Waals surface area contributed by atoms with Crippen LogP contribution in [0.3, 0.4) is 0 Å². The molecule has 2 N–H and O–H groups in total. The maximum absolute atomic E-state index is 13.6. The van der Waals surface area contributed by atoms with E-state index in [1.807, 2.05) is 0 Å². The van der Waals surface area contributed by atoms with Crippen molar-refractivity contribution in [2.24, 2.45) is 0 Å². The molecular formula is C18H14F3N3O2. The number of carbonyl (C=O) groups is 1. The highest BCUT2D eigenvalue weighted by Gasteiger charge is 2.15. The van der Waals surface area contributed by atoms with Gasteiger partial charge in [-0.05, 0) is 24.3 Å². The number of benzene rings is 2. The number of H-pyrrole nitrogens is 1. The summed E-state index contributed by atoms with van der Waals surface area (Å²) in [6, 6.07) is 6.03. The monoisotopic (exact) mass is 361 g/mol. The van der Waals surface area contributed by atoms with Crippen molar-refractivity contribution >= 4 is 5.91 Å². The summed E-state index contributed by atoms with van der Waals surface area (Å²) in [6.07, 6.45) is 3.29. The molecule has 1 amide bonds. The minimum absolute atomic E-state index is 0.256. The Bertz CT molecular complexity index is 943. The molecule has 0 bridgehead atoms. The van der Waals surface area contributed by atoms with Gasteiger partial charge in [-0.25, -0.2) is 13.2 Å². The molecule has 0 saturated carbocycles. The third-order valence-electron chi connectivity index (χ3n) is 3.78. The number of hydrogen-bond donors (Lipinski definition) is 2. The molecule has 2 aromatic carbocycles. The second-order valence-electron chi connectivity index (χ2n) is 5.45. The number of rotatable bonds is 5. The van der Waals surface area contributed by atoms with Crippen LogP contribution in [-0.4, -0.2) is 23.2 Å². The molecule has 0 spiro atoms. The Morgan fingerprint density at radius 2 is 2.04 bits per heavy atom. The average molecular weight is 361 g/mol. The molecule has 8 heteroatoms. The van der Waals surface area contributed by atoms with Crippen LogP contribution < -0.4 is 10.1 Å². The minimum atomic E-state index is -1.31. The Morgan fingerprint density at radius 3 is 2.73 bits per heavy atom. The molecule has 0 radical (unpaired) electrons. The summed E-state index contributed by atoms with van der Waals surface area (Å²) in [4.78, 5) is 12.3. The Balaban J connectivity index is 1.78. The van der Waals surface area contributed by atoms with Crippen LogP contribution in [0, 0.1) is 17.5 Å². The molecule has 3 rings (SSSR count). The highest BCUT2D eigenvalue weighted by atomic mass is 19.2. The molecule has 134 valence electrons. The Hall–Kier alpha value is -3.29. The lowest BCUT2D eigenvalue weighted by Crippen LogP contribution is -2.23. The molecule has 1 aromatic heterocycles. The van der Waals surface area contributed by atoms with Gasteiger partial charge in [-0.2, -0.15) is 5.10 Å². The average Bonchev–Trinajstić information content (AvgIpc) is 3.17. The number of nitrogens with zero attached hydrogens (tertiary/aromatic N) is 1. The fraction of sp³-hybridized carbons (Fsp3) is 0.111. The minimum Gasteiger partial charge on any atom is -0.496 e. The molecule has 0 unspecified atom stereocenters. The van der Waals surface area contributed by atoms with Gasteiger partial charge in [0.2, 0.25) is 0 Å². The van der Waals surface area contributed by atoms with Gasteiger partial charge in [-0.15, -0.1) is 0 Å². The summed E-state index contributed by atoms with van der Waals surface area (Å²) in [5.41, 5.74) is 1.49. The van der Waals surface area contributed by atoms with Crippen LogP contribution in [0.4, 0.5) is 13.2 Å². The highest BCUT2D eigenvalue weighted by Crippen LogP contribution is 2.30. The Kier molecular flexibility index (Phi) is 4.92. The Morgan fingerprint density at radius 1 is 1.23 bits per heavy atom. The van der Waals surface area contributed by atoms with Crippen LogP contribution in [-0.2, 0) is 6.54 Å². The van der Waals surface area contributed by atoms with Gasteiger partial charge in [0.15, 0.2) is 11.6 Å². The van der Waals surface area contributed by atoms with Crippen LogP contribution in [0.25, 0.3) is 11.1 Å². The first-order chi connectivity index (χ1) is 12.5. The zero-order chi connectivity index (χ0) is 18.7. The fourth-order valence-electron chi connectivity index (χ4n) is 2.48. The number of hydrogen-bond acceptors (Lipinski definition) is 3. The third kappa shape index (κ3) is 3.53. The van der Waals surface area contributed by atoms with E-state index in [4.69, 9.17) is 4.74 Å². The van der Waals surface area contributed by atoms with Crippen molar-refractivity contribution in [1.82, 2.24) is 15.5 Å². The number of aromatic amines is 1. The maximum Gasteiger partial charge on any atom is 0.251 e. The number of ether oxygens (including phenoxy) is 1. The Labute approximate surface area is 146 Å². The van der Waals surface area contributed by atoms with Crippen molar-refractivity contribution in [3.8, 4) is 16.9 Å². The topological polar surface area (TPSA) is 67.0 Å². The molecule has 26 heavy (non-hydrogen) atoms. The quantitative estimate of drug-likeness (QED) is 0.684. The first-order valence-corrected chi connectivity index (χ1v) is 7.58. The van der Waals surface area contributed by atoms with Gasteiger partial charge in [-0.1, -0.05) is 0 Å². The van der Waals surface area contributed by atoms with Gasteiger partial charge in [-0.3, -0.25) is 9.89 Å². The lowest BCUT2D eigenvalue weighted by Gasteiger charge is -2.11.